The highest BCUT2D eigenvalue weighted by atomic mass is 32.1. The number of thiophene rings is 1. The first-order valence-corrected chi connectivity index (χ1v) is 8.32. The fraction of sp³-hybridized carbons (Fsp3) is 0.353. The van der Waals surface area contributed by atoms with Gasteiger partial charge in [-0.2, -0.15) is 0 Å². The molecule has 0 fully saturated rings. The predicted molar refractivity (Wildman–Crippen MR) is 94.0 cm³/mol. The largest absolute Gasteiger partial charge is 0.497 e. The molecule has 2 amide bonds. The number of nitrogens with one attached hydrogen (secondary N) is 2. The lowest BCUT2D eigenvalue weighted by Gasteiger charge is -2.25. The number of hydrogen-bond donors (Lipinski definition) is 2. The number of rotatable bonds is 7. The highest BCUT2D eigenvalue weighted by Crippen LogP contribution is 2.20. The van der Waals surface area contributed by atoms with Gasteiger partial charge in [-0.1, -0.05) is 18.2 Å². The van der Waals surface area contributed by atoms with Gasteiger partial charge in [0.05, 0.1) is 19.7 Å². The van der Waals surface area contributed by atoms with Crippen molar-refractivity contribution in [2.45, 2.75) is 12.6 Å². The summed E-state index contributed by atoms with van der Waals surface area (Å²) in [5, 5.41) is 7.81. The van der Waals surface area contributed by atoms with E-state index in [0.29, 0.717) is 13.1 Å². The van der Waals surface area contributed by atoms with E-state index in [2.05, 4.69) is 15.5 Å². The topological polar surface area (TPSA) is 53.6 Å². The van der Waals surface area contributed by atoms with Crippen LogP contribution in [0.3, 0.4) is 0 Å². The predicted octanol–water partition coefficient (Wildman–Crippen LogP) is 2.86. The van der Waals surface area contributed by atoms with Gasteiger partial charge in [0.15, 0.2) is 0 Å². The van der Waals surface area contributed by atoms with Crippen LogP contribution >= 0.6 is 11.3 Å². The SMILES string of the molecule is COc1ccc(C(CNC(=O)NCc2cccs2)N(C)C)cc1. The highest BCUT2D eigenvalue weighted by Gasteiger charge is 2.15. The van der Waals surface area contributed by atoms with E-state index in [4.69, 9.17) is 4.74 Å². The lowest BCUT2D eigenvalue weighted by Crippen LogP contribution is -2.40. The second-order valence-electron chi connectivity index (χ2n) is 5.40. The molecular weight excluding hydrogens is 310 g/mol. The number of benzene rings is 1. The van der Waals surface area contributed by atoms with Crippen LogP contribution in [0, 0.1) is 0 Å². The normalized spacial score (nSPS) is 12.0. The maximum absolute atomic E-state index is 11.9. The summed E-state index contributed by atoms with van der Waals surface area (Å²) >= 11 is 1.63. The van der Waals surface area contributed by atoms with E-state index in [1.807, 2.05) is 55.9 Å². The zero-order chi connectivity index (χ0) is 16.7. The van der Waals surface area contributed by atoms with E-state index in [9.17, 15) is 4.79 Å². The van der Waals surface area contributed by atoms with Gasteiger partial charge in [0.1, 0.15) is 5.75 Å². The Labute approximate surface area is 141 Å². The van der Waals surface area contributed by atoms with Gasteiger partial charge in [0.25, 0.3) is 0 Å². The van der Waals surface area contributed by atoms with Gasteiger partial charge in [-0.3, -0.25) is 0 Å². The molecule has 0 radical (unpaired) electrons. The van der Waals surface area contributed by atoms with Crippen LogP contribution in [-0.4, -0.2) is 38.7 Å². The minimum atomic E-state index is -0.154. The molecule has 5 nitrogen and oxygen atoms in total. The standard InChI is InChI=1S/C17H23N3O2S/c1-20(2)16(13-6-8-14(22-3)9-7-13)12-19-17(21)18-11-15-5-4-10-23-15/h4-10,16H,11-12H2,1-3H3,(H2,18,19,21). The molecule has 0 spiro atoms. The molecule has 2 rings (SSSR count). The molecule has 2 aromatic rings. The van der Waals surface area contributed by atoms with Gasteiger partial charge in [-0.25, -0.2) is 4.79 Å². The number of carbonyl (C=O) groups excluding carboxylic acids is 1. The third kappa shape index (κ3) is 5.26. The van der Waals surface area contributed by atoms with Gasteiger partial charge in [0, 0.05) is 11.4 Å². The molecule has 0 bridgehead atoms. The number of hydrogen-bond acceptors (Lipinski definition) is 4. The molecular formula is C17H23N3O2S. The van der Waals surface area contributed by atoms with Crippen molar-refractivity contribution in [3.8, 4) is 5.75 Å². The van der Waals surface area contributed by atoms with Gasteiger partial charge in [-0.05, 0) is 43.2 Å². The van der Waals surface area contributed by atoms with Crippen molar-refractivity contribution in [3.05, 3.63) is 52.2 Å². The minimum absolute atomic E-state index is 0.105. The highest BCUT2D eigenvalue weighted by molar-refractivity contribution is 7.09. The first kappa shape index (κ1) is 17.3. The van der Waals surface area contributed by atoms with Crippen molar-refractivity contribution in [2.75, 3.05) is 27.7 Å². The lowest BCUT2D eigenvalue weighted by molar-refractivity contribution is 0.232. The van der Waals surface area contributed by atoms with E-state index < -0.39 is 0 Å². The zero-order valence-electron chi connectivity index (χ0n) is 13.7. The van der Waals surface area contributed by atoms with Gasteiger partial charge in [-0.15, -0.1) is 11.3 Å². The maximum atomic E-state index is 11.9. The van der Waals surface area contributed by atoms with Crippen molar-refractivity contribution in [1.82, 2.24) is 15.5 Å². The van der Waals surface area contributed by atoms with E-state index in [-0.39, 0.29) is 12.1 Å². The number of methoxy groups -OCH3 is 1. The van der Waals surface area contributed by atoms with E-state index in [0.717, 1.165) is 16.2 Å². The first-order chi connectivity index (χ1) is 11.1. The maximum Gasteiger partial charge on any atom is 0.315 e. The number of ether oxygens (including phenoxy) is 1. The Balaban J connectivity index is 1.87. The molecule has 1 aromatic heterocycles. The number of nitrogens with zero attached hydrogens (tertiary/aromatic N) is 1. The number of amides is 2. The molecule has 0 aliphatic heterocycles. The third-order valence-corrected chi connectivity index (χ3v) is 4.46. The van der Waals surface area contributed by atoms with Crippen LogP contribution in [0.15, 0.2) is 41.8 Å². The molecule has 1 heterocycles. The molecule has 0 aliphatic carbocycles. The summed E-state index contributed by atoms with van der Waals surface area (Å²) in [6.07, 6.45) is 0. The molecule has 124 valence electrons. The molecule has 0 saturated heterocycles. The number of likely N-dealkylation sites (N-methyl/N-ethyl adjacent to an activating group) is 1. The zero-order valence-corrected chi connectivity index (χ0v) is 14.5. The summed E-state index contributed by atoms with van der Waals surface area (Å²) in [7, 11) is 5.65. The van der Waals surface area contributed by atoms with Crippen LogP contribution in [-0.2, 0) is 6.54 Å². The average molecular weight is 333 g/mol. The van der Waals surface area contributed by atoms with E-state index >= 15 is 0 Å². The Kier molecular flexibility index (Phi) is 6.43. The summed E-state index contributed by atoms with van der Waals surface area (Å²) in [6.45, 7) is 1.09. The average Bonchev–Trinajstić information content (AvgIpc) is 3.07. The molecule has 0 saturated carbocycles. The molecule has 23 heavy (non-hydrogen) atoms. The summed E-state index contributed by atoms with van der Waals surface area (Å²) in [4.78, 5) is 15.2. The van der Waals surface area contributed by atoms with Crippen LogP contribution < -0.4 is 15.4 Å². The van der Waals surface area contributed by atoms with E-state index in [1.165, 1.54) is 0 Å². The Bertz CT molecular complexity index is 597. The van der Waals surface area contributed by atoms with Crippen LogP contribution in [0.2, 0.25) is 0 Å². The smallest absolute Gasteiger partial charge is 0.315 e. The Morgan fingerprint density at radius 1 is 1.22 bits per heavy atom. The first-order valence-electron chi connectivity index (χ1n) is 7.44. The monoisotopic (exact) mass is 333 g/mol. The number of urea groups is 1. The van der Waals surface area contributed by atoms with Gasteiger partial charge < -0.3 is 20.3 Å². The van der Waals surface area contributed by atoms with Crippen molar-refractivity contribution in [2.24, 2.45) is 0 Å². The number of carbonyl (C=O) groups is 1. The summed E-state index contributed by atoms with van der Waals surface area (Å²) in [5.74, 6) is 0.827. The molecule has 1 unspecified atom stereocenters. The fourth-order valence-corrected chi connectivity index (χ4v) is 2.90. The Morgan fingerprint density at radius 2 is 1.96 bits per heavy atom. The second kappa shape index (κ2) is 8.55. The van der Waals surface area contributed by atoms with Crippen LogP contribution in [0.25, 0.3) is 0 Å². The van der Waals surface area contributed by atoms with Crippen molar-refractivity contribution < 1.29 is 9.53 Å². The molecule has 1 atom stereocenters. The van der Waals surface area contributed by atoms with Crippen molar-refractivity contribution >= 4 is 17.4 Å². The summed E-state index contributed by atoms with van der Waals surface area (Å²) in [5.41, 5.74) is 1.13. The summed E-state index contributed by atoms with van der Waals surface area (Å²) in [6, 6.07) is 11.8. The molecule has 0 aliphatic rings. The van der Waals surface area contributed by atoms with Gasteiger partial charge in [0.2, 0.25) is 0 Å². The molecule has 6 heteroatoms. The van der Waals surface area contributed by atoms with Crippen molar-refractivity contribution in [3.63, 3.8) is 0 Å². The second-order valence-corrected chi connectivity index (χ2v) is 6.43. The Morgan fingerprint density at radius 3 is 2.52 bits per heavy atom. The molecule has 1 aromatic carbocycles. The van der Waals surface area contributed by atoms with Gasteiger partial charge >= 0.3 is 6.03 Å². The van der Waals surface area contributed by atoms with Crippen LogP contribution in [0.1, 0.15) is 16.5 Å². The fourth-order valence-electron chi connectivity index (χ4n) is 2.26. The van der Waals surface area contributed by atoms with E-state index in [1.54, 1.807) is 18.4 Å². The lowest BCUT2D eigenvalue weighted by atomic mass is 10.1. The van der Waals surface area contributed by atoms with Crippen molar-refractivity contribution in [1.29, 1.82) is 0 Å². The summed E-state index contributed by atoms with van der Waals surface area (Å²) < 4.78 is 5.18. The quantitative estimate of drug-likeness (QED) is 0.819. The Hall–Kier alpha value is -2.05. The third-order valence-electron chi connectivity index (χ3n) is 3.58. The minimum Gasteiger partial charge on any atom is -0.497 e. The van der Waals surface area contributed by atoms with Crippen LogP contribution in [0.4, 0.5) is 4.79 Å². The van der Waals surface area contributed by atoms with Crippen LogP contribution in [0.5, 0.6) is 5.75 Å². The molecule has 2 N–H and O–H groups in total.